The lowest BCUT2D eigenvalue weighted by Gasteiger charge is -2.30. The van der Waals surface area contributed by atoms with Crippen LogP contribution in [0.25, 0.3) is 10.8 Å². The molecule has 2 aromatic carbocycles. The van der Waals surface area contributed by atoms with Crippen LogP contribution in [0, 0.1) is 10.8 Å². The number of carbonyl (C=O) groups is 2. The van der Waals surface area contributed by atoms with E-state index in [0.29, 0.717) is 72.5 Å². The van der Waals surface area contributed by atoms with Crippen molar-refractivity contribution >= 4 is 33.7 Å². The fraction of sp³-hybridized carbons (Fsp3) is 0.400. The van der Waals surface area contributed by atoms with Gasteiger partial charge in [-0.05, 0) is 46.6 Å². The molecule has 0 spiro atoms. The molecule has 0 saturated carbocycles. The quantitative estimate of drug-likeness (QED) is 0.398. The van der Waals surface area contributed by atoms with Crippen molar-refractivity contribution in [3.63, 3.8) is 0 Å². The van der Waals surface area contributed by atoms with Gasteiger partial charge in [-0.2, -0.15) is 0 Å². The van der Waals surface area contributed by atoms with Crippen LogP contribution in [0.3, 0.4) is 0 Å². The zero-order valence-electron chi connectivity index (χ0n) is 21.4. The summed E-state index contributed by atoms with van der Waals surface area (Å²) < 4.78 is 5.57. The van der Waals surface area contributed by atoms with Gasteiger partial charge in [0.2, 0.25) is 0 Å². The average Bonchev–Trinajstić information content (AvgIpc) is 3.17. The average molecular weight is 485 g/mol. The Morgan fingerprint density at radius 3 is 2.39 bits per heavy atom. The van der Waals surface area contributed by atoms with Crippen molar-refractivity contribution in [3.05, 3.63) is 70.8 Å². The summed E-state index contributed by atoms with van der Waals surface area (Å²) in [6.07, 6.45) is 2.62. The van der Waals surface area contributed by atoms with E-state index in [2.05, 4.69) is 19.0 Å². The van der Waals surface area contributed by atoms with Crippen molar-refractivity contribution in [3.8, 4) is 0 Å². The number of hydrogen-bond donors (Lipinski definition) is 1. The molecular weight excluding hydrogens is 452 g/mol. The second kappa shape index (κ2) is 8.84. The zero-order valence-corrected chi connectivity index (χ0v) is 21.4. The molecule has 0 atom stereocenters. The van der Waals surface area contributed by atoms with Gasteiger partial charge in [0.15, 0.2) is 11.6 Å². The second-order valence-corrected chi connectivity index (χ2v) is 11.7. The molecule has 0 unspecified atom stereocenters. The van der Waals surface area contributed by atoms with E-state index >= 15 is 0 Å². The van der Waals surface area contributed by atoms with Crippen molar-refractivity contribution in [1.82, 2.24) is 5.16 Å². The molecule has 3 aromatic rings. The third-order valence-corrected chi connectivity index (χ3v) is 7.13. The molecule has 186 valence electrons. The number of aliphatic hydroxyl groups is 1. The Kier molecular flexibility index (Phi) is 5.93. The largest absolute Gasteiger partial charge is 0.511 e. The van der Waals surface area contributed by atoms with Crippen LogP contribution in [0.5, 0.6) is 0 Å². The van der Waals surface area contributed by atoms with Crippen molar-refractivity contribution in [1.29, 1.82) is 0 Å². The first-order valence-corrected chi connectivity index (χ1v) is 12.5. The molecule has 2 aliphatic rings. The van der Waals surface area contributed by atoms with E-state index < -0.39 is 0 Å². The summed E-state index contributed by atoms with van der Waals surface area (Å²) in [5.74, 6) is 0.652. The van der Waals surface area contributed by atoms with Crippen molar-refractivity contribution in [2.24, 2.45) is 15.8 Å². The fourth-order valence-corrected chi connectivity index (χ4v) is 5.48. The summed E-state index contributed by atoms with van der Waals surface area (Å²) in [5, 5.41) is 17.3. The Morgan fingerprint density at radius 1 is 0.944 bits per heavy atom. The number of rotatable bonds is 5. The molecule has 0 bridgehead atoms. The van der Waals surface area contributed by atoms with E-state index in [9.17, 15) is 14.7 Å². The normalized spacial score (nSPS) is 19.6. The van der Waals surface area contributed by atoms with Gasteiger partial charge in [0, 0.05) is 25.7 Å². The Balaban J connectivity index is 1.52. The van der Waals surface area contributed by atoms with Crippen LogP contribution in [0.1, 0.15) is 75.2 Å². The molecule has 0 amide bonds. The van der Waals surface area contributed by atoms with Gasteiger partial charge in [-0.15, -0.1) is 0 Å². The van der Waals surface area contributed by atoms with E-state index in [0.717, 1.165) is 10.8 Å². The smallest absolute Gasteiger partial charge is 0.168 e. The maximum atomic E-state index is 13.2. The maximum Gasteiger partial charge on any atom is 0.168 e. The molecule has 36 heavy (non-hydrogen) atoms. The molecule has 0 aliphatic heterocycles. The number of aliphatic hydroxyl groups excluding tert-OH is 1. The highest BCUT2D eigenvalue weighted by atomic mass is 16.5. The Morgan fingerprint density at radius 2 is 1.64 bits per heavy atom. The fourth-order valence-electron chi connectivity index (χ4n) is 5.48. The predicted molar refractivity (Wildman–Crippen MR) is 140 cm³/mol. The minimum atomic E-state index is -0.302. The molecule has 6 nitrogen and oxygen atoms in total. The number of allylic oxidation sites excluding steroid dienone is 2. The Labute approximate surface area is 211 Å². The highest BCUT2D eigenvalue weighted by molar-refractivity contribution is 6.24. The minimum absolute atomic E-state index is 0.0445. The third kappa shape index (κ3) is 4.77. The number of aryl methyl sites for hydroxylation is 1. The standard InChI is InChI=1S/C30H32N2O4/c1-29(2)14-23(33)27(24(34)15-29)21(31-20-10-9-18-7-5-6-8-19(18)13-20)11-12-22-28-25(35)16-30(3,4)17-26(28)36-32-22/h5-10,13,33H,11-12,14-17H2,1-4H3. The number of ketones is 2. The summed E-state index contributed by atoms with van der Waals surface area (Å²) in [6, 6.07) is 13.9. The number of hydrogen-bond acceptors (Lipinski definition) is 6. The summed E-state index contributed by atoms with van der Waals surface area (Å²) in [6.45, 7) is 8.06. The number of benzene rings is 2. The van der Waals surface area contributed by atoms with Gasteiger partial charge in [0.1, 0.15) is 11.5 Å². The monoisotopic (exact) mass is 484 g/mol. The van der Waals surface area contributed by atoms with Crippen LogP contribution < -0.4 is 0 Å². The molecule has 5 rings (SSSR count). The number of Topliss-reactive ketones (excluding diaryl/α,β-unsaturated/α-hetero) is 2. The first-order valence-electron chi connectivity index (χ1n) is 12.5. The maximum absolute atomic E-state index is 13.2. The van der Waals surface area contributed by atoms with Gasteiger partial charge in [-0.3, -0.25) is 14.6 Å². The van der Waals surface area contributed by atoms with E-state index in [-0.39, 0.29) is 28.2 Å². The van der Waals surface area contributed by atoms with E-state index in [1.807, 2.05) is 56.3 Å². The zero-order chi connectivity index (χ0) is 25.7. The summed E-state index contributed by atoms with van der Waals surface area (Å²) >= 11 is 0. The van der Waals surface area contributed by atoms with Crippen molar-refractivity contribution in [2.75, 3.05) is 0 Å². The van der Waals surface area contributed by atoms with Crippen LogP contribution in [0.4, 0.5) is 5.69 Å². The lowest BCUT2D eigenvalue weighted by Crippen LogP contribution is -2.29. The lowest BCUT2D eigenvalue weighted by atomic mass is 9.74. The first-order chi connectivity index (χ1) is 17.0. The number of nitrogens with zero attached hydrogens (tertiary/aromatic N) is 2. The summed E-state index contributed by atoms with van der Waals surface area (Å²) in [4.78, 5) is 31.0. The Bertz CT molecular complexity index is 1440. The van der Waals surface area contributed by atoms with E-state index in [1.165, 1.54) is 0 Å². The second-order valence-electron chi connectivity index (χ2n) is 11.7. The van der Waals surface area contributed by atoms with Crippen LogP contribution in [-0.4, -0.2) is 27.5 Å². The molecule has 1 N–H and O–H groups in total. The lowest BCUT2D eigenvalue weighted by molar-refractivity contribution is -0.118. The molecule has 0 radical (unpaired) electrons. The SMILES string of the molecule is CC1(C)CC(=O)C(C(CCc2noc3c2C(=O)CC(C)(C)C3)=Nc2ccc3ccccc3c2)=C(O)C1. The molecule has 2 aliphatic carbocycles. The van der Waals surface area contributed by atoms with Crippen molar-refractivity contribution in [2.45, 2.75) is 66.2 Å². The van der Waals surface area contributed by atoms with Gasteiger partial charge in [0.05, 0.1) is 28.2 Å². The van der Waals surface area contributed by atoms with Crippen LogP contribution in [-0.2, 0) is 17.6 Å². The van der Waals surface area contributed by atoms with Crippen LogP contribution in [0.15, 0.2) is 63.3 Å². The van der Waals surface area contributed by atoms with Gasteiger partial charge < -0.3 is 9.63 Å². The number of aliphatic imine (C=N–C) groups is 1. The number of carbonyl (C=O) groups excluding carboxylic acids is 2. The highest BCUT2D eigenvalue weighted by Gasteiger charge is 2.37. The summed E-state index contributed by atoms with van der Waals surface area (Å²) in [5.41, 5.74) is 2.25. The van der Waals surface area contributed by atoms with Gasteiger partial charge in [0.25, 0.3) is 0 Å². The molecule has 0 fully saturated rings. The number of aromatic nitrogens is 1. The van der Waals surface area contributed by atoms with Gasteiger partial charge >= 0.3 is 0 Å². The van der Waals surface area contributed by atoms with Gasteiger partial charge in [-0.1, -0.05) is 63.2 Å². The van der Waals surface area contributed by atoms with E-state index in [4.69, 9.17) is 9.52 Å². The molecule has 1 aromatic heterocycles. The molecule has 6 heteroatoms. The number of fused-ring (bicyclic) bond motifs is 2. The predicted octanol–water partition coefficient (Wildman–Crippen LogP) is 6.89. The Hall–Kier alpha value is -3.54. The summed E-state index contributed by atoms with van der Waals surface area (Å²) in [7, 11) is 0. The van der Waals surface area contributed by atoms with Crippen LogP contribution >= 0.6 is 0 Å². The topological polar surface area (TPSA) is 92.8 Å². The minimum Gasteiger partial charge on any atom is -0.511 e. The highest BCUT2D eigenvalue weighted by Crippen LogP contribution is 2.39. The van der Waals surface area contributed by atoms with Crippen molar-refractivity contribution < 1.29 is 19.2 Å². The third-order valence-electron chi connectivity index (χ3n) is 7.13. The molecule has 0 saturated heterocycles. The first kappa shape index (κ1) is 24.2. The van der Waals surface area contributed by atoms with Crippen LogP contribution in [0.2, 0.25) is 0 Å². The molecular formula is C30H32N2O4. The van der Waals surface area contributed by atoms with E-state index in [1.54, 1.807) is 0 Å². The molecule has 1 heterocycles. The van der Waals surface area contributed by atoms with Gasteiger partial charge in [-0.25, -0.2) is 0 Å².